The van der Waals surface area contributed by atoms with Crippen molar-refractivity contribution in [1.82, 2.24) is 10.1 Å². The third-order valence-corrected chi connectivity index (χ3v) is 5.15. The molecule has 1 N–H and O–H groups in total. The second-order valence-corrected chi connectivity index (χ2v) is 7.05. The lowest BCUT2D eigenvalue weighted by Gasteiger charge is -2.34. The van der Waals surface area contributed by atoms with Crippen LogP contribution in [0.5, 0.6) is 5.75 Å². The molecule has 1 aliphatic rings. The van der Waals surface area contributed by atoms with Crippen LogP contribution in [-0.4, -0.2) is 53.7 Å². The summed E-state index contributed by atoms with van der Waals surface area (Å²) in [5.74, 6) is 0.693. The van der Waals surface area contributed by atoms with Gasteiger partial charge in [0.25, 0.3) is 0 Å². The number of nitrogens with zero attached hydrogens (tertiary/aromatic N) is 3. The number of phenols is 1. The third-order valence-electron chi connectivity index (χ3n) is 5.15. The van der Waals surface area contributed by atoms with Gasteiger partial charge in [0.2, 0.25) is 0 Å². The van der Waals surface area contributed by atoms with Gasteiger partial charge in [0, 0.05) is 44.2 Å². The Morgan fingerprint density at radius 3 is 2.61 bits per heavy atom. The first kappa shape index (κ1) is 18.4. The molecule has 1 saturated heterocycles. The molecule has 6 nitrogen and oxygen atoms in total. The van der Waals surface area contributed by atoms with Crippen LogP contribution >= 0.6 is 0 Å². The van der Waals surface area contributed by atoms with Gasteiger partial charge in [0.15, 0.2) is 17.2 Å². The van der Waals surface area contributed by atoms with Gasteiger partial charge in [-0.1, -0.05) is 5.16 Å². The van der Waals surface area contributed by atoms with Gasteiger partial charge in [0.05, 0.1) is 5.39 Å². The molecule has 1 aliphatic heterocycles. The molecule has 28 heavy (non-hydrogen) atoms. The molecule has 1 aromatic heterocycles. The van der Waals surface area contributed by atoms with E-state index in [1.54, 1.807) is 24.3 Å². The number of phenolic OH excluding ortho intramolecular Hbond substituents is 1. The van der Waals surface area contributed by atoms with E-state index in [1.165, 1.54) is 12.1 Å². The van der Waals surface area contributed by atoms with E-state index in [0.717, 1.165) is 50.3 Å². The number of aromatic hydroxyl groups is 1. The second kappa shape index (κ2) is 7.98. The molecule has 2 aromatic carbocycles. The molecule has 0 spiro atoms. The summed E-state index contributed by atoms with van der Waals surface area (Å²) in [6, 6.07) is 10.8. The lowest BCUT2D eigenvalue weighted by atomic mass is 10.1. The predicted molar refractivity (Wildman–Crippen MR) is 104 cm³/mol. The number of ketones is 1. The zero-order valence-electron chi connectivity index (χ0n) is 15.5. The van der Waals surface area contributed by atoms with Crippen LogP contribution in [0.4, 0.5) is 10.2 Å². The van der Waals surface area contributed by atoms with E-state index in [9.17, 15) is 14.3 Å². The molecule has 7 heteroatoms. The number of rotatable bonds is 6. The molecular formula is C21H22FN3O3. The number of hydrogen-bond donors (Lipinski definition) is 1. The van der Waals surface area contributed by atoms with E-state index in [4.69, 9.17) is 4.52 Å². The van der Waals surface area contributed by atoms with Crippen molar-refractivity contribution >= 4 is 22.6 Å². The van der Waals surface area contributed by atoms with Crippen molar-refractivity contribution in [3.63, 3.8) is 0 Å². The number of hydrogen-bond acceptors (Lipinski definition) is 6. The molecule has 4 rings (SSSR count). The lowest BCUT2D eigenvalue weighted by Crippen LogP contribution is -2.46. The number of carbonyl (C=O) groups excluding carboxylic acids is 1. The molecule has 1 fully saturated rings. The van der Waals surface area contributed by atoms with Crippen molar-refractivity contribution < 1.29 is 18.8 Å². The maximum Gasteiger partial charge on any atom is 0.180 e. The minimum Gasteiger partial charge on any atom is -0.508 e. The van der Waals surface area contributed by atoms with E-state index in [2.05, 4.69) is 15.0 Å². The van der Waals surface area contributed by atoms with Crippen molar-refractivity contribution in [3.05, 3.63) is 53.8 Å². The summed E-state index contributed by atoms with van der Waals surface area (Å²) in [4.78, 5) is 16.7. The summed E-state index contributed by atoms with van der Waals surface area (Å²) in [5.41, 5.74) is 1.15. The first-order valence-electron chi connectivity index (χ1n) is 9.44. The summed E-state index contributed by atoms with van der Waals surface area (Å²) < 4.78 is 18.3. The van der Waals surface area contributed by atoms with Crippen LogP contribution < -0.4 is 4.90 Å². The first-order chi connectivity index (χ1) is 13.6. The number of Topliss-reactive ketones (excluding diaryl/α,β-unsaturated/α-hetero) is 1. The van der Waals surface area contributed by atoms with Crippen LogP contribution in [0.1, 0.15) is 23.2 Å². The average Bonchev–Trinajstić information content (AvgIpc) is 3.12. The maximum atomic E-state index is 12.9. The highest BCUT2D eigenvalue weighted by Crippen LogP contribution is 2.29. The normalized spacial score (nSPS) is 15.2. The smallest absolute Gasteiger partial charge is 0.180 e. The summed E-state index contributed by atoms with van der Waals surface area (Å²) >= 11 is 0. The molecule has 146 valence electrons. The molecule has 2 heterocycles. The number of aromatic nitrogens is 1. The molecule has 0 aliphatic carbocycles. The van der Waals surface area contributed by atoms with Crippen molar-refractivity contribution in [2.75, 3.05) is 37.6 Å². The van der Waals surface area contributed by atoms with E-state index in [1.807, 2.05) is 6.07 Å². The van der Waals surface area contributed by atoms with Crippen molar-refractivity contribution in [2.24, 2.45) is 0 Å². The van der Waals surface area contributed by atoms with Gasteiger partial charge >= 0.3 is 0 Å². The molecule has 3 aromatic rings. The number of carbonyl (C=O) groups is 1. The van der Waals surface area contributed by atoms with Crippen LogP contribution in [0.15, 0.2) is 47.0 Å². The third kappa shape index (κ3) is 3.99. The number of anilines is 1. The Hall–Kier alpha value is -2.93. The molecule has 0 bridgehead atoms. The topological polar surface area (TPSA) is 69.8 Å². The fourth-order valence-corrected chi connectivity index (χ4v) is 3.57. The van der Waals surface area contributed by atoms with Gasteiger partial charge in [-0.05, 0) is 49.4 Å². The Bertz CT molecular complexity index is 963. The minimum absolute atomic E-state index is 0.0518. The Balaban J connectivity index is 1.26. The Labute approximate surface area is 162 Å². The zero-order chi connectivity index (χ0) is 19.5. The Morgan fingerprint density at radius 2 is 1.86 bits per heavy atom. The number of benzene rings is 2. The van der Waals surface area contributed by atoms with Gasteiger partial charge in [0.1, 0.15) is 11.6 Å². The quantitative estimate of drug-likeness (QED) is 0.658. The molecule has 0 radical (unpaired) electrons. The van der Waals surface area contributed by atoms with E-state index in [-0.39, 0.29) is 17.3 Å². The Morgan fingerprint density at radius 1 is 1.11 bits per heavy atom. The first-order valence-corrected chi connectivity index (χ1v) is 9.44. The van der Waals surface area contributed by atoms with E-state index in [0.29, 0.717) is 17.6 Å². The summed E-state index contributed by atoms with van der Waals surface area (Å²) in [6.07, 6.45) is 1.24. The second-order valence-electron chi connectivity index (χ2n) is 7.05. The molecule has 0 amide bonds. The lowest BCUT2D eigenvalue weighted by molar-refractivity contribution is 0.0974. The predicted octanol–water partition coefficient (Wildman–Crippen LogP) is 3.46. The van der Waals surface area contributed by atoms with Crippen LogP contribution in [-0.2, 0) is 0 Å². The highest BCUT2D eigenvalue weighted by Gasteiger charge is 2.21. The Kier molecular flexibility index (Phi) is 5.25. The molecular weight excluding hydrogens is 361 g/mol. The standard InChI is InChI=1S/C21H22FN3O3/c22-16-5-3-15(4-6-16)19(27)2-1-9-24-10-12-25(13-11-24)21-18-8-7-17(26)14-20(18)28-23-21/h3-8,14,26H,1-2,9-13H2. The van der Waals surface area contributed by atoms with Crippen molar-refractivity contribution in [3.8, 4) is 5.75 Å². The number of halogens is 1. The number of fused-ring (bicyclic) bond motifs is 1. The highest BCUT2D eigenvalue weighted by molar-refractivity contribution is 5.96. The monoisotopic (exact) mass is 383 g/mol. The summed E-state index contributed by atoms with van der Waals surface area (Å²) in [7, 11) is 0. The van der Waals surface area contributed by atoms with Gasteiger partial charge in [-0.25, -0.2) is 4.39 Å². The van der Waals surface area contributed by atoms with Crippen LogP contribution in [0.3, 0.4) is 0 Å². The van der Waals surface area contributed by atoms with Gasteiger partial charge < -0.3 is 14.5 Å². The van der Waals surface area contributed by atoms with Crippen LogP contribution in [0.25, 0.3) is 11.0 Å². The minimum atomic E-state index is -0.328. The summed E-state index contributed by atoms with van der Waals surface area (Å²) in [5, 5.41) is 14.6. The zero-order valence-corrected chi connectivity index (χ0v) is 15.5. The van der Waals surface area contributed by atoms with Gasteiger partial charge in [-0.2, -0.15) is 0 Å². The number of piperazine rings is 1. The van der Waals surface area contributed by atoms with Crippen molar-refractivity contribution in [2.45, 2.75) is 12.8 Å². The van der Waals surface area contributed by atoms with Crippen LogP contribution in [0, 0.1) is 5.82 Å². The maximum absolute atomic E-state index is 12.9. The average molecular weight is 383 g/mol. The van der Waals surface area contributed by atoms with E-state index < -0.39 is 0 Å². The summed E-state index contributed by atoms with van der Waals surface area (Å²) in [6.45, 7) is 4.28. The fraction of sp³-hybridized carbons (Fsp3) is 0.333. The molecule has 0 atom stereocenters. The SMILES string of the molecule is O=C(CCCN1CCN(c2noc3cc(O)ccc23)CC1)c1ccc(F)cc1. The molecule has 0 saturated carbocycles. The highest BCUT2D eigenvalue weighted by atomic mass is 19.1. The van der Waals surface area contributed by atoms with Crippen LogP contribution in [0.2, 0.25) is 0 Å². The molecule has 0 unspecified atom stereocenters. The largest absolute Gasteiger partial charge is 0.508 e. The fourth-order valence-electron chi connectivity index (χ4n) is 3.57. The van der Waals surface area contributed by atoms with Crippen molar-refractivity contribution in [1.29, 1.82) is 0 Å². The van der Waals surface area contributed by atoms with E-state index >= 15 is 0 Å². The van der Waals surface area contributed by atoms with Gasteiger partial charge in [-0.3, -0.25) is 9.69 Å². The van der Waals surface area contributed by atoms with Gasteiger partial charge in [-0.15, -0.1) is 0 Å².